The lowest BCUT2D eigenvalue weighted by Gasteiger charge is -2.51. The molecule has 167 valence electrons. The Bertz CT molecular complexity index is 598. The van der Waals surface area contributed by atoms with Gasteiger partial charge >= 0.3 is 0 Å². The third-order valence-corrected chi connectivity index (χ3v) is 7.84. The SMILES string of the molecule is [CH2]CC(CC1CCN(CC#N)CC1)(CC1CCCN(CC#N)C1)N1CCC(O)CC1. The summed E-state index contributed by atoms with van der Waals surface area (Å²) in [5.74, 6) is 1.31. The summed E-state index contributed by atoms with van der Waals surface area (Å²) in [6, 6.07) is 4.62. The number of aliphatic hydroxyl groups is 1. The highest BCUT2D eigenvalue weighted by Gasteiger charge is 2.41. The molecule has 3 fully saturated rings. The van der Waals surface area contributed by atoms with Crippen molar-refractivity contribution in [2.75, 3.05) is 52.4 Å². The molecule has 3 rings (SSSR count). The summed E-state index contributed by atoms with van der Waals surface area (Å²) in [5.41, 5.74) is 0.0997. The van der Waals surface area contributed by atoms with Gasteiger partial charge in [0.2, 0.25) is 0 Å². The normalized spacial score (nSPS) is 27.9. The van der Waals surface area contributed by atoms with E-state index in [-0.39, 0.29) is 11.6 Å². The van der Waals surface area contributed by atoms with Crippen LogP contribution in [0.5, 0.6) is 0 Å². The average molecular weight is 415 g/mol. The molecule has 0 aromatic heterocycles. The number of hydrogen-bond acceptors (Lipinski definition) is 6. The van der Waals surface area contributed by atoms with Gasteiger partial charge in [0.25, 0.3) is 0 Å². The van der Waals surface area contributed by atoms with Crippen molar-refractivity contribution in [2.45, 2.75) is 69.4 Å². The number of nitrogens with zero attached hydrogens (tertiary/aromatic N) is 5. The van der Waals surface area contributed by atoms with Crippen molar-refractivity contribution in [3.05, 3.63) is 6.92 Å². The van der Waals surface area contributed by atoms with Crippen LogP contribution in [0.1, 0.15) is 57.8 Å². The van der Waals surface area contributed by atoms with Gasteiger partial charge in [0.1, 0.15) is 0 Å². The van der Waals surface area contributed by atoms with E-state index in [0.717, 1.165) is 65.0 Å². The zero-order valence-corrected chi connectivity index (χ0v) is 18.6. The maximum Gasteiger partial charge on any atom is 0.0866 e. The third-order valence-electron chi connectivity index (χ3n) is 7.84. The van der Waals surface area contributed by atoms with Gasteiger partial charge in [0.05, 0.1) is 31.3 Å². The Kier molecular flexibility index (Phi) is 8.96. The van der Waals surface area contributed by atoms with Gasteiger partial charge in [-0.05, 0) is 89.3 Å². The second-order valence-corrected chi connectivity index (χ2v) is 9.88. The summed E-state index contributed by atoms with van der Waals surface area (Å²) in [7, 11) is 0. The summed E-state index contributed by atoms with van der Waals surface area (Å²) in [4.78, 5) is 7.26. The molecular formula is C24H40N5O. The number of piperidine rings is 3. The summed E-state index contributed by atoms with van der Waals surface area (Å²) in [6.45, 7) is 11.6. The number of nitriles is 2. The molecule has 0 bridgehead atoms. The highest BCUT2D eigenvalue weighted by molar-refractivity contribution is 4.99. The zero-order chi connectivity index (χ0) is 21.4. The van der Waals surface area contributed by atoms with E-state index in [1.165, 1.54) is 32.1 Å². The Hall–Kier alpha value is -1.18. The molecule has 0 amide bonds. The van der Waals surface area contributed by atoms with Crippen LogP contribution < -0.4 is 0 Å². The minimum Gasteiger partial charge on any atom is -0.393 e. The second kappa shape index (κ2) is 11.4. The summed E-state index contributed by atoms with van der Waals surface area (Å²) >= 11 is 0. The summed E-state index contributed by atoms with van der Waals surface area (Å²) in [5, 5.41) is 28.2. The van der Waals surface area contributed by atoms with Gasteiger partial charge in [-0.15, -0.1) is 0 Å². The number of likely N-dealkylation sites (tertiary alicyclic amines) is 3. The van der Waals surface area contributed by atoms with Crippen molar-refractivity contribution in [1.29, 1.82) is 10.5 Å². The average Bonchev–Trinajstić information content (AvgIpc) is 2.76. The van der Waals surface area contributed by atoms with E-state index < -0.39 is 0 Å². The fourth-order valence-electron chi connectivity index (χ4n) is 6.13. The van der Waals surface area contributed by atoms with Gasteiger partial charge in [-0.25, -0.2) is 0 Å². The molecule has 0 saturated carbocycles. The van der Waals surface area contributed by atoms with Crippen LogP contribution in [0, 0.1) is 41.4 Å². The smallest absolute Gasteiger partial charge is 0.0866 e. The van der Waals surface area contributed by atoms with E-state index in [0.29, 0.717) is 24.9 Å². The van der Waals surface area contributed by atoms with Crippen molar-refractivity contribution in [2.24, 2.45) is 11.8 Å². The Morgan fingerprint density at radius 1 is 0.833 bits per heavy atom. The fourth-order valence-corrected chi connectivity index (χ4v) is 6.13. The molecule has 0 aromatic carbocycles. The molecule has 3 heterocycles. The van der Waals surface area contributed by atoms with E-state index in [4.69, 9.17) is 10.5 Å². The Morgan fingerprint density at radius 3 is 2.10 bits per heavy atom. The van der Waals surface area contributed by atoms with Gasteiger partial charge in [-0.3, -0.25) is 14.7 Å². The molecule has 3 aliphatic rings. The van der Waals surface area contributed by atoms with Crippen molar-refractivity contribution in [1.82, 2.24) is 14.7 Å². The van der Waals surface area contributed by atoms with Gasteiger partial charge in [0.15, 0.2) is 0 Å². The van der Waals surface area contributed by atoms with Crippen LogP contribution >= 0.6 is 0 Å². The molecule has 0 spiro atoms. The molecule has 6 heteroatoms. The number of hydrogen-bond donors (Lipinski definition) is 1. The van der Waals surface area contributed by atoms with Gasteiger partial charge in [-0.2, -0.15) is 10.5 Å². The predicted octanol–water partition coefficient (Wildman–Crippen LogP) is 2.66. The first-order valence-electron chi connectivity index (χ1n) is 12.0. The minimum absolute atomic E-state index is 0.0997. The standard InChI is InChI=1S/C24H40N5O/c1-2-24(29-14-7-23(30)8-15-29,18-21-5-12-27(13-6-21)16-9-25)19-22-4-3-11-28(20-22)17-10-26/h21-23,30H,1-8,11-20H2. The minimum atomic E-state index is -0.154. The van der Waals surface area contributed by atoms with E-state index in [1.807, 2.05) is 0 Å². The molecule has 30 heavy (non-hydrogen) atoms. The highest BCUT2D eigenvalue weighted by Crippen LogP contribution is 2.40. The van der Waals surface area contributed by atoms with Crippen molar-refractivity contribution < 1.29 is 5.11 Å². The fraction of sp³-hybridized carbons (Fsp3) is 0.875. The molecule has 2 atom stereocenters. The maximum absolute atomic E-state index is 10.1. The van der Waals surface area contributed by atoms with Crippen molar-refractivity contribution in [3.8, 4) is 12.1 Å². The summed E-state index contributed by atoms with van der Waals surface area (Å²) in [6.07, 6.45) is 9.62. The molecule has 0 aliphatic carbocycles. The van der Waals surface area contributed by atoms with Crippen molar-refractivity contribution in [3.63, 3.8) is 0 Å². The summed E-state index contributed by atoms with van der Waals surface area (Å²) < 4.78 is 0. The highest BCUT2D eigenvalue weighted by atomic mass is 16.3. The lowest BCUT2D eigenvalue weighted by molar-refractivity contribution is -0.0207. The Labute approximate surface area is 183 Å². The van der Waals surface area contributed by atoms with E-state index in [9.17, 15) is 5.11 Å². The first-order valence-corrected chi connectivity index (χ1v) is 12.0. The van der Waals surface area contributed by atoms with Crippen LogP contribution in [0.25, 0.3) is 0 Å². The number of rotatable bonds is 8. The molecule has 0 aromatic rings. The maximum atomic E-state index is 10.1. The van der Waals surface area contributed by atoms with Gasteiger partial charge < -0.3 is 5.11 Å². The quantitative estimate of drug-likeness (QED) is 0.615. The van der Waals surface area contributed by atoms with Crippen LogP contribution in [0.15, 0.2) is 0 Å². The Balaban J connectivity index is 1.69. The molecular weight excluding hydrogens is 374 g/mol. The predicted molar refractivity (Wildman–Crippen MR) is 118 cm³/mol. The lowest BCUT2D eigenvalue weighted by Crippen LogP contribution is -2.55. The monoisotopic (exact) mass is 414 g/mol. The van der Waals surface area contributed by atoms with Gasteiger partial charge in [0, 0.05) is 25.2 Å². The van der Waals surface area contributed by atoms with E-state index in [1.54, 1.807) is 0 Å². The van der Waals surface area contributed by atoms with Crippen LogP contribution in [0.2, 0.25) is 0 Å². The molecule has 3 saturated heterocycles. The lowest BCUT2D eigenvalue weighted by atomic mass is 9.72. The van der Waals surface area contributed by atoms with Crippen LogP contribution in [0.3, 0.4) is 0 Å². The first-order chi connectivity index (χ1) is 14.6. The van der Waals surface area contributed by atoms with Crippen LogP contribution in [-0.4, -0.2) is 83.8 Å². The zero-order valence-electron chi connectivity index (χ0n) is 18.6. The molecule has 2 unspecified atom stereocenters. The van der Waals surface area contributed by atoms with Crippen LogP contribution in [-0.2, 0) is 0 Å². The first kappa shape index (κ1) is 23.5. The molecule has 1 N–H and O–H groups in total. The van der Waals surface area contributed by atoms with Gasteiger partial charge in [-0.1, -0.05) is 6.92 Å². The molecule has 3 aliphatic heterocycles. The largest absolute Gasteiger partial charge is 0.393 e. The van der Waals surface area contributed by atoms with Crippen molar-refractivity contribution >= 4 is 0 Å². The third kappa shape index (κ3) is 6.17. The molecule has 6 nitrogen and oxygen atoms in total. The van der Waals surface area contributed by atoms with E-state index >= 15 is 0 Å². The van der Waals surface area contributed by atoms with Crippen LogP contribution in [0.4, 0.5) is 0 Å². The Morgan fingerprint density at radius 2 is 1.47 bits per heavy atom. The second-order valence-electron chi connectivity index (χ2n) is 9.88. The van der Waals surface area contributed by atoms with E-state index in [2.05, 4.69) is 33.8 Å². The topological polar surface area (TPSA) is 77.5 Å². The number of aliphatic hydroxyl groups excluding tert-OH is 1. The molecule has 1 radical (unpaired) electrons.